The van der Waals surface area contributed by atoms with Crippen LogP contribution in [0.15, 0.2) is 24.3 Å². The Morgan fingerprint density at radius 3 is 2.50 bits per heavy atom. The maximum absolute atomic E-state index is 12.9. The van der Waals surface area contributed by atoms with Crippen molar-refractivity contribution in [3.05, 3.63) is 35.4 Å². The molecule has 2 aliphatic heterocycles. The molecule has 0 spiro atoms. The second-order valence-corrected chi connectivity index (χ2v) is 6.26. The van der Waals surface area contributed by atoms with Gasteiger partial charge < -0.3 is 15.0 Å². The summed E-state index contributed by atoms with van der Waals surface area (Å²) in [4.78, 5) is 39.3. The Kier molecular flexibility index (Phi) is 4.53. The van der Waals surface area contributed by atoms with Gasteiger partial charge in [-0.25, -0.2) is 4.79 Å². The zero-order valence-electron chi connectivity index (χ0n) is 13.8. The molecule has 0 bridgehead atoms. The Morgan fingerprint density at radius 2 is 1.88 bits per heavy atom. The van der Waals surface area contributed by atoms with E-state index in [1.54, 1.807) is 29.2 Å². The molecule has 7 nitrogen and oxygen atoms in total. The molecule has 0 radical (unpaired) electrons. The van der Waals surface area contributed by atoms with Crippen LogP contribution in [0.4, 0.5) is 4.79 Å². The molecule has 2 fully saturated rings. The Labute approximate surface area is 140 Å². The number of urea groups is 1. The van der Waals surface area contributed by atoms with E-state index in [-0.39, 0.29) is 37.1 Å². The van der Waals surface area contributed by atoms with Gasteiger partial charge in [0.1, 0.15) is 0 Å². The van der Waals surface area contributed by atoms with Gasteiger partial charge in [-0.1, -0.05) is 18.2 Å². The van der Waals surface area contributed by atoms with Crippen LogP contribution in [0.25, 0.3) is 0 Å². The summed E-state index contributed by atoms with van der Waals surface area (Å²) in [6, 6.07) is 6.68. The quantitative estimate of drug-likeness (QED) is 0.838. The number of hydrogen-bond acceptors (Lipinski definition) is 4. The van der Waals surface area contributed by atoms with E-state index in [0.29, 0.717) is 24.2 Å². The predicted octanol–water partition coefficient (Wildman–Crippen LogP) is 0.988. The number of carbonyl (C=O) groups is 3. The summed E-state index contributed by atoms with van der Waals surface area (Å²) in [5.41, 5.74) is 1.19. The van der Waals surface area contributed by atoms with E-state index in [1.807, 2.05) is 13.8 Å². The lowest BCUT2D eigenvalue weighted by molar-refractivity contribution is -0.125. The third-order valence-electron chi connectivity index (χ3n) is 4.22. The lowest BCUT2D eigenvalue weighted by Gasteiger charge is -2.35. The van der Waals surface area contributed by atoms with Crippen LogP contribution in [0.2, 0.25) is 0 Å². The number of morpholine rings is 1. The van der Waals surface area contributed by atoms with Gasteiger partial charge in [0.25, 0.3) is 5.91 Å². The van der Waals surface area contributed by atoms with Crippen molar-refractivity contribution in [1.29, 1.82) is 0 Å². The van der Waals surface area contributed by atoms with Crippen LogP contribution in [0, 0.1) is 0 Å². The van der Waals surface area contributed by atoms with Crippen molar-refractivity contribution >= 4 is 17.8 Å². The number of benzene rings is 1. The smallest absolute Gasteiger partial charge is 0.324 e. The fourth-order valence-corrected chi connectivity index (χ4v) is 3.17. The third kappa shape index (κ3) is 3.26. The monoisotopic (exact) mass is 331 g/mol. The predicted molar refractivity (Wildman–Crippen MR) is 86.3 cm³/mol. The Bertz CT molecular complexity index is 650. The maximum Gasteiger partial charge on any atom is 0.324 e. The van der Waals surface area contributed by atoms with Crippen LogP contribution < -0.4 is 5.32 Å². The molecule has 3 rings (SSSR count). The maximum atomic E-state index is 12.9. The fraction of sp³-hybridized carbons (Fsp3) is 0.471. The molecule has 1 N–H and O–H groups in total. The van der Waals surface area contributed by atoms with Gasteiger partial charge in [-0.05, 0) is 25.5 Å². The lowest BCUT2D eigenvalue weighted by Crippen LogP contribution is -2.48. The van der Waals surface area contributed by atoms with E-state index in [0.717, 1.165) is 4.90 Å². The molecule has 128 valence electrons. The molecule has 1 aromatic rings. The Balaban J connectivity index is 1.82. The van der Waals surface area contributed by atoms with Gasteiger partial charge in [-0.3, -0.25) is 14.5 Å². The highest BCUT2D eigenvalue weighted by molar-refractivity contribution is 6.02. The van der Waals surface area contributed by atoms with Crippen LogP contribution in [0.1, 0.15) is 29.8 Å². The minimum absolute atomic E-state index is 0.00738. The average molecular weight is 331 g/mol. The molecule has 1 aromatic carbocycles. The van der Waals surface area contributed by atoms with E-state index in [4.69, 9.17) is 4.74 Å². The second-order valence-electron chi connectivity index (χ2n) is 6.26. The molecular formula is C17H21N3O4. The van der Waals surface area contributed by atoms with E-state index in [2.05, 4.69) is 5.32 Å². The standard InChI is InChI=1S/C17H21N3O4/c1-11-8-19(9-12(2)24-11)16(22)14-6-4-3-5-13(14)10-20-15(21)7-18-17(20)23/h3-6,11-12H,7-10H2,1-2H3,(H,18,23)/t11-,12-/m1/s1. The highest BCUT2D eigenvalue weighted by Gasteiger charge is 2.31. The van der Waals surface area contributed by atoms with Crippen molar-refractivity contribution < 1.29 is 19.1 Å². The van der Waals surface area contributed by atoms with E-state index in [1.165, 1.54) is 0 Å². The number of rotatable bonds is 3. The first-order valence-electron chi connectivity index (χ1n) is 8.06. The molecule has 2 atom stereocenters. The molecule has 2 aliphatic rings. The van der Waals surface area contributed by atoms with Crippen LogP contribution in [-0.4, -0.2) is 59.5 Å². The number of carbonyl (C=O) groups excluding carboxylic acids is 3. The summed E-state index contributed by atoms with van der Waals surface area (Å²) >= 11 is 0. The van der Waals surface area contributed by atoms with Crippen molar-refractivity contribution in [1.82, 2.24) is 15.1 Å². The van der Waals surface area contributed by atoms with Gasteiger partial charge in [0, 0.05) is 18.7 Å². The molecule has 4 amide bonds. The SMILES string of the molecule is C[C@@H]1CN(C(=O)c2ccccc2CN2C(=O)CNC2=O)C[C@@H](C)O1. The third-order valence-corrected chi connectivity index (χ3v) is 4.22. The minimum Gasteiger partial charge on any atom is -0.372 e. The van der Waals surface area contributed by atoms with Crippen molar-refractivity contribution in [2.75, 3.05) is 19.6 Å². The zero-order chi connectivity index (χ0) is 17.3. The van der Waals surface area contributed by atoms with E-state index in [9.17, 15) is 14.4 Å². The molecule has 0 saturated carbocycles. The fourth-order valence-electron chi connectivity index (χ4n) is 3.17. The Morgan fingerprint density at radius 1 is 1.21 bits per heavy atom. The summed E-state index contributed by atoms with van der Waals surface area (Å²) in [5, 5.41) is 2.49. The summed E-state index contributed by atoms with van der Waals surface area (Å²) < 4.78 is 5.67. The van der Waals surface area contributed by atoms with Gasteiger partial charge >= 0.3 is 6.03 Å². The van der Waals surface area contributed by atoms with Crippen LogP contribution in [0.5, 0.6) is 0 Å². The molecule has 2 heterocycles. The summed E-state index contributed by atoms with van der Waals surface area (Å²) in [6.45, 7) is 5.04. The molecule has 0 aliphatic carbocycles. The number of hydrogen-bond donors (Lipinski definition) is 1. The van der Waals surface area contributed by atoms with Crippen LogP contribution in [0.3, 0.4) is 0 Å². The van der Waals surface area contributed by atoms with E-state index < -0.39 is 6.03 Å². The molecule has 2 saturated heterocycles. The lowest BCUT2D eigenvalue weighted by atomic mass is 10.0. The minimum atomic E-state index is -0.420. The van der Waals surface area contributed by atoms with Crippen molar-refractivity contribution in [2.45, 2.75) is 32.6 Å². The van der Waals surface area contributed by atoms with Crippen LogP contribution >= 0.6 is 0 Å². The highest BCUT2D eigenvalue weighted by Crippen LogP contribution is 2.19. The van der Waals surface area contributed by atoms with E-state index >= 15 is 0 Å². The van der Waals surface area contributed by atoms with Gasteiger partial charge in [-0.15, -0.1) is 0 Å². The first-order valence-corrected chi connectivity index (χ1v) is 8.06. The molecule has 24 heavy (non-hydrogen) atoms. The first kappa shape index (κ1) is 16.4. The second kappa shape index (κ2) is 6.60. The zero-order valence-corrected chi connectivity index (χ0v) is 13.8. The number of nitrogens with one attached hydrogen (secondary N) is 1. The van der Waals surface area contributed by atoms with Gasteiger partial charge in [-0.2, -0.15) is 0 Å². The number of imide groups is 1. The average Bonchev–Trinajstić information content (AvgIpc) is 2.86. The van der Waals surface area contributed by atoms with Crippen LogP contribution in [-0.2, 0) is 16.1 Å². The Hall–Kier alpha value is -2.41. The van der Waals surface area contributed by atoms with Gasteiger partial charge in [0.05, 0.1) is 25.3 Å². The number of amides is 4. The normalized spacial score (nSPS) is 24.2. The van der Waals surface area contributed by atoms with Crippen molar-refractivity contribution in [3.63, 3.8) is 0 Å². The summed E-state index contributed by atoms with van der Waals surface area (Å²) in [6.07, 6.45) is -0.0356. The van der Waals surface area contributed by atoms with Crippen molar-refractivity contribution in [3.8, 4) is 0 Å². The highest BCUT2D eigenvalue weighted by atomic mass is 16.5. The van der Waals surface area contributed by atoms with Gasteiger partial charge in [0.2, 0.25) is 5.91 Å². The largest absolute Gasteiger partial charge is 0.372 e. The summed E-state index contributed by atoms with van der Waals surface area (Å²) in [5.74, 6) is -0.379. The number of nitrogens with zero attached hydrogens (tertiary/aromatic N) is 2. The number of ether oxygens (including phenoxy) is 1. The molecule has 7 heteroatoms. The molecule has 0 aromatic heterocycles. The van der Waals surface area contributed by atoms with Crippen molar-refractivity contribution in [2.24, 2.45) is 0 Å². The topological polar surface area (TPSA) is 79.0 Å². The first-order chi connectivity index (χ1) is 11.5. The molecule has 0 unspecified atom stereocenters. The summed E-state index contributed by atoms with van der Waals surface area (Å²) in [7, 11) is 0. The molecular weight excluding hydrogens is 310 g/mol. The van der Waals surface area contributed by atoms with Gasteiger partial charge in [0.15, 0.2) is 0 Å².